The zero-order valence-corrected chi connectivity index (χ0v) is 86.3. The zero-order chi connectivity index (χ0) is 106. The van der Waals surface area contributed by atoms with E-state index < -0.39 is 77.8 Å². The van der Waals surface area contributed by atoms with Crippen molar-refractivity contribution in [1.29, 1.82) is 0 Å². The van der Waals surface area contributed by atoms with Crippen molar-refractivity contribution in [2.45, 2.75) is 145 Å². The van der Waals surface area contributed by atoms with E-state index in [2.05, 4.69) is 63.5 Å². The first-order valence-electron chi connectivity index (χ1n) is 45.7. The zero-order valence-electron chi connectivity index (χ0n) is 82.2. The van der Waals surface area contributed by atoms with Crippen LogP contribution in [0.4, 0.5) is 11.5 Å². The van der Waals surface area contributed by atoms with Gasteiger partial charge >= 0.3 is 0 Å². The van der Waals surface area contributed by atoms with Crippen molar-refractivity contribution in [2.24, 2.45) is 50.7 Å². The highest BCUT2D eigenvalue weighted by atomic mass is 32.2. The predicted molar refractivity (Wildman–Crippen MR) is 563 cm³/mol. The van der Waals surface area contributed by atoms with Gasteiger partial charge in [-0.05, 0) is 193 Å². The predicted octanol–water partition coefficient (Wildman–Crippen LogP) is 8.85. The van der Waals surface area contributed by atoms with Gasteiger partial charge < -0.3 is 93.1 Å². The Morgan fingerprint density at radius 3 is 1.07 bits per heavy atom. The number of pyridine rings is 3. The van der Waals surface area contributed by atoms with Gasteiger partial charge in [-0.3, -0.25) is 29.0 Å². The van der Waals surface area contributed by atoms with E-state index in [0.29, 0.717) is 124 Å². The number of nitrogens with zero attached hydrogens (tertiary/aromatic N) is 11. The number of hydrogen-bond donors (Lipinski definition) is 10. The first-order chi connectivity index (χ1) is 68.6. The highest BCUT2D eigenvalue weighted by Gasteiger charge is 2.40. The van der Waals surface area contributed by atoms with E-state index >= 15 is 0 Å². The average molecular weight is 2110 g/mol. The molecule has 0 radical (unpaired) electrons. The van der Waals surface area contributed by atoms with Crippen LogP contribution in [0.25, 0.3) is 5.65 Å². The minimum absolute atomic E-state index is 0. The van der Waals surface area contributed by atoms with Crippen LogP contribution in [0.5, 0.6) is 28.7 Å². The van der Waals surface area contributed by atoms with Crippen molar-refractivity contribution in [3.05, 3.63) is 303 Å². The largest absolute Gasteiger partial charge is 0.490 e. The first-order valence-corrected chi connectivity index (χ1v) is 53.8. The number of rotatable bonds is 27. The van der Waals surface area contributed by atoms with Crippen LogP contribution in [0.1, 0.15) is 196 Å². The van der Waals surface area contributed by atoms with Gasteiger partial charge in [-0.2, -0.15) is 0 Å². The first kappa shape index (κ1) is 110. The van der Waals surface area contributed by atoms with E-state index in [1.165, 1.54) is 0 Å². The maximum absolute atomic E-state index is 13.1. The second-order valence-corrected chi connectivity index (χ2v) is 46.3. The molecule has 778 valence electrons. The molecule has 1 saturated carbocycles. The highest BCUT2D eigenvalue weighted by Crippen LogP contribution is 2.38. The number of carbonyl (C=O) groups is 5. The number of aromatic nitrogens is 4. The Morgan fingerprint density at radius 1 is 0.354 bits per heavy atom. The lowest BCUT2D eigenvalue weighted by atomic mass is 9.97. The fraction of sp³-hybridized carbons (Fsp3) is 0.317. The van der Waals surface area contributed by atoms with Gasteiger partial charge in [0.1, 0.15) is 108 Å². The molecule has 46 heteroatoms. The number of imidazole rings is 1. The number of amidine groups is 5. The molecule has 147 heavy (non-hydrogen) atoms. The van der Waals surface area contributed by atoms with Crippen LogP contribution in [0, 0.1) is 0 Å². The van der Waals surface area contributed by atoms with E-state index in [0.717, 1.165) is 31.4 Å². The summed E-state index contributed by atoms with van der Waals surface area (Å²) in [6.07, 6.45) is 12.0. The minimum Gasteiger partial charge on any atom is -0.490 e. The second kappa shape index (κ2) is 45.1. The van der Waals surface area contributed by atoms with Crippen molar-refractivity contribution in [2.75, 3.05) is 71.0 Å². The summed E-state index contributed by atoms with van der Waals surface area (Å²) >= 11 is 0. The topological polar surface area (TPSA) is 604 Å². The van der Waals surface area contributed by atoms with Crippen LogP contribution >= 0.6 is 0 Å². The third-order valence-corrected chi connectivity index (χ3v) is 28.8. The molecule has 11 aromatic rings. The molecule has 0 unspecified atom stereocenters. The molecule has 15 N–H and O–H groups in total. The molecule has 5 amide bonds. The number of nitrogens with one attached hydrogen (secondary N) is 5. The van der Waals surface area contributed by atoms with Crippen LogP contribution < -0.4 is 88.7 Å². The van der Waals surface area contributed by atoms with Crippen molar-refractivity contribution >= 4 is 126 Å². The van der Waals surface area contributed by atoms with Crippen LogP contribution in [-0.4, -0.2) is 209 Å². The van der Waals surface area contributed by atoms with Gasteiger partial charge in [0.25, 0.3) is 79.7 Å². The third kappa shape index (κ3) is 29.3. The molecule has 0 bridgehead atoms. The van der Waals surface area contributed by atoms with Gasteiger partial charge in [-0.25, -0.2) is 52.1 Å². The lowest BCUT2D eigenvalue weighted by Gasteiger charge is -2.31. The normalized spacial score (nSPS) is 15.9. The smallest absolute Gasteiger partial charge is 0.270 e. The Morgan fingerprint density at radius 2 is 0.701 bits per heavy atom. The van der Waals surface area contributed by atoms with Crippen molar-refractivity contribution in [3.63, 3.8) is 0 Å². The standard InChI is InChI=1S/C23H28N4O4S.C20H21N5O4S.C20H25N5O4S.C19H21N3O4S.C18H20N4O4S.CH4/c1-27(2)18-9-5-7-16(13-18)22(28)25-23(11-3-4-12-23)15-31-19-10-6-8-17-14-32(29,30)26-21(24)20(17)19;1-20(2,23-19(26)13-6-8-25-9-7-22-16(25)10-13)12-29-15-5-3-4-14-11-30(27,28)24-18(21)17(14)15;1-20(2,23-19(26)13-8-9-22-16(10-13)25(3)4)12-29-15-7-5-6-14-11-30(27,28)24-18(21)17(14)15;1-19(2,21-18(23)13-7-4-3-5-8-13)12-26-15-10-6-9-14-11-27(24,25)22-17(20)16(14)15;1-18(2,21-17(23)13-7-3-4-9-20-13)11-26-14-8-5-6-12-10-27(24,25)22-16(19)15(12)14;/h5-10,13H,3-4,11-12,14-15H2,1-2H3,(H2,24,26)(H,25,28);3-10H,11-12H2,1-2H3,(H2,21,24)(H,23,26);5-10H,11-12H2,1-4H3,(H2,21,24)(H,23,26);3-10H,11-12H2,1-2H3,(H2,20,22)(H,21,23);3-9H,10-11H2,1-2H3,(H2,19,22)(H,21,23);1H4. The number of sulfonamides is 5. The Balaban J connectivity index is 0.000000163. The second-order valence-electron chi connectivity index (χ2n) is 38.1. The maximum atomic E-state index is 13.1. The molecule has 17 rings (SSSR count). The molecule has 41 nitrogen and oxygen atoms in total. The van der Waals surface area contributed by atoms with Crippen molar-refractivity contribution < 1.29 is 89.7 Å². The number of ether oxygens (including phenoxy) is 5. The third-order valence-electron chi connectivity index (χ3n) is 23.0. The number of amides is 5. The van der Waals surface area contributed by atoms with Crippen LogP contribution in [-0.2, 0) is 78.9 Å². The number of fused-ring (bicyclic) bond motifs is 6. The summed E-state index contributed by atoms with van der Waals surface area (Å²) in [7, 11) is -10.5. The van der Waals surface area contributed by atoms with Crippen LogP contribution in [0.3, 0.4) is 0 Å². The fourth-order valence-electron chi connectivity index (χ4n) is 16.1. The molecular formula is C101H119N21O20S5. The number of carbonyl (C=O) groups excluding carboxylic acids is 5. The summed E-state index contributed by atoms with van der Waals surface area (Å²) in [4.78, 5) is 79.3. The van der Waals surface area contributed by atoms with Gasteiger partial charge in [0.05, 0.1) is 84.3 Å². The molecule has 9 heterocycles. The molecule has 4 aromatic heterocycles. The molecule has 0 atom stereocenters. The lowest BCUT2D eigenvalue weighted by Crippen LogP contribution is -2.50. The quantitative estimate of drug-likeness (QED) is 0.0230. The number of anilines is 2. The lowest BCUT2D eigenvalue weighted by molar-refractivity contribution is 0.0850. The van der Waals surface area contributed by atoms with E-state index in [9.17, 15) is 66.1 Å². The summed E-state index contributed by atoms with van der Waals surface area (Å²) in [6, 6.07) is 53.8. The average Bonchev–Trinajstić information content (AvgIpc) is 1.35. The molecule has 0 saturated heterocycles. The van der Waals surface area contributed by atoms with Crippen molar-refractivity contribution in [3.8, 4) is 28.7 Å². The SMILES string of the molecule is C.CC(C)(COc1cccc2c1C(N)=NS(=O)(=O)C2)NC(=O)c1ccccc1.CC(C)(COc1cccc2c1C(N)=NS(=O)(=O)C2)NC(=O)c1ccccn1.CC(C)(COc1cccc2c1C(N)=NS(=O)(=O)C2)NC(=O)c1ccn2ccnc2c1.CN(C)c1cc(C(=O)NC(C)(C)COc2cccc3c2C(N)=NS(=O)(=O)C3)ccn1.CN(C)c1cccc(C(=O)NC2(COc3cccc4c3C(N)=NS(=O)(=O)C4)CCCC2)c1. The van der Waals surface area contributed by atoms with Gasteiger partial charge in [0.2, 0.25) is 0 Å². The summed E-state index contributed by atoms with van der Waals surface area (Å²) in [5.41, 5.74) is 35.3. The summed E-state index contributed by atoms with van der Waals surface area (Å²) in [5, 5.41) is 14.9. The molecule has 5 aliphatic heterocycles. The molecule has 7 aromatic carbocycles. The van der Waals surface area contributed by atoms with E-state index in [-0.39, 0.29) is 128 Å². The fourth-order valence-corrected chi connectivity index (χ4v) is 21.5. The molecule has 0 spiro atoms. The minimum atomic E-state index is -3.62. The molecular weight excluding hydrogens is 1990 g/mol. The Kier molecular flexibility index (Phi) is 33.8. The van der Waals surface area contributed by atoms with Crippen LogP contribution in [0.2, 0.25) is 0 Å². The van der Waals surface area contributed by atoms with E-state index in [4.69, 9.17) is 52.4 Å². The van der Waals surface area contributed by atoms with Crippen molar-refractivity contribution in [1.82, 2.24) is 45.9 Å². The summed E-state index contributed by atoms with van der Waals surface area (Å²) < 4.78 is 168. The van der Waals surface area contributed by atoms with Gasteiger partial charge in [0.15, 0.2) is 0 Å². The number of hydrogen-bond acceptors (Lipinski definition) is 30. The summed E-state index contributed by atoms with van der Waals surface area (Å²) in [5.74, 6) is 0.170. The van der Waals surface area contributed by atoms with Crippen LogP contribution in [0.15, 0.2) is 241 Å². The Hall–Kier alpha value is -15.4. The molecule has 6 aliphatic rings. The van der Waals surface area contributed by atoms with Gasteiger partial charge in [0, 0.05) is 87.1 Å². The van der Waals surface area contributed by atoms with E-state index in [1.54, 1.807) is 195 Å². The molecule has 1 aliphatic carbocycles. The summed E-state index contributed by atoms with van der Waals surface area (Å²) in [6.45, 7) is 15.5. The van der Waals surface area contributed by atoms with Gasteiger partial charge in [-0.15, -0.1) is 22.0 Å². The maximum Gasteiger partial charge on any atom is 0.270 e. The van der Waals surface area contributed by atoms with E-state index in [1.807, 2.05) is 122 Å². The molecule has 1 fully saturated rings. The highest BCUT2D eigenvalue weighted by molar-refractivity contribution is 7.90. The Labute approximate surface area is 854 Å². The number of nitrogens with two attached hydrogens (primary N) is 5. The monoisotopic (exact) mass is 2110 g/mol. The number of benzene rings is 7. The van der Waals surface area contributed by atoms with Gasteiger partial charge in [-0.1, -0.05) is 111 Å². The Bertz CT molecular complexity index is 7460.